The molecule has 0 spiro atoms. The van der Waals surface area contributed by atoms with Gasteiger partial charge in [-0.3, -0.25) is 0 Å². The quantitative estimate of drug-likeness (QED) is 0.841. The average Bonchev–Trinajstić information content (AvgIpc) is 2.42. The maximum Gasteiger partial charge on any atom is 0.142 e. The van der Waals surface area contributed by atoms with Crippen LogP contribution >= 0.6 is 23.2 Å². The van der Waals surface area contributed by atoms with Crippen molar-refractivity contribution in [1.29, 1.82) is 0 Å². The number of nitrogens with one attached hydrogen (secondary N) is 1. The molecule has 1 aliphatic rings. The van der Waals surface area contributed by atoms with Crippen molar-refractivity contribution in [1.82, 2.24) is 5.32 Å². The predicted octanol–water partition coefficient (Wildman–Crippen LogP) is 4.21. The Kier molecular flexibility index (Phi) is 5.46. The summed E-state index contributed by atoms with van der Waals surface area (Å²) in [5, 5.41) is 4.00. The van der Waals surface area contributed by atoms with Gasteiger partial charge in [0.2, 0.25) is 0 Å². The Labute approximate surface area is 123 Å². The van der Waals surface area contributed by atoms with Crippen LogP contribution in [0.1, 0.15) is 31.4 Å². The van der Waals surface area contributed by atoms with Crippen molar-refractivity contribution >= 4 is 23.2 Å². The van der Waals surface area contributed by atoms with Crippen LogP contribution in [0.2, 0.25) is 10.0 Å². The molecule has 19 heavy (non-hydrogen) atoms. The van der Waals surface area contributed by atoms with Gasteiger partial charge in [0.25, 0.3) is 0 Å². The minimum Gasteiger partial charge on any atom is -0.381 e. The first-order valence-corrected chi connectivity index (χ1v) is 7.29. The van der Waals surface area contributed by atoms with Crippen LogP contribution in [-0.4, -0.2) is 19.8 Å². The second-order valence-corrected chi connectivity index (χ2v) is 5.73. The Morgan fingerprint density at radius 2 is 2.05 bits per heavy atom. The van der Waals surface area contributed by atoms with E-state index in [1.165, 1.54) is 6.07 Å². The maximum atomic E-state index is 13.5. The van der Waals surface area contributed by atoms with Crippen LogP contribution in [0.25, 0.3) is 0 Å². The fourth-order valence-corrected chi connectivity index (χ4v) is 3.03. The van der Waals surface area contributed by atoms with Gasteiger partial charge in [0, 0.05) is 29.8 Å². The van der Waals surface area contributed by atoms with Crippen molar-refractivity contribution in [3.05, 3.63) is 33.6 Å². The third-order valence-corrected chi connectivity index (χ3v) is 4.28. The summed E-state index contributed by atoms with van der Waals surface area (Å²) in [7, 11) is 0. The van der Waals surface area contributed by atoms with Gasteiger partial charge in [-0.05, 0) is 44.4 Å². The van der Waals surface area contributed by atoms with Gasteiger partial charge in [-0.1, -0.05) is 23.2 Å². The fourth-order valence-electron chi connectivity index (χ4n) is 2.34. The predicted molar refractivity (Wildman–Crippen MR) is 76.4 cm³/mol. The zero-order valence-corrected chi connectivity index (χ0v) is 12.4. The molecule has 0 aromatic heterocycles. The molecule has 106 valence electrons. The molecule has 1 aliphatic heterocycles. The van der Waals surface area contributed by atoms with Crippen molar-refractivity contribution in [2.45, 2.75) is 25.8 Å². The minimum atomic E-state index is -0.430. The average molecular weight is 306 g/mol. The molecule has 1 aromatic rings. The molecule has 0 bridgehead atoms. The number of ether oxygens (including phenoxy) is 1. The summed E-state index contributed by atoms with van der Waals surface area (Å²) < 4.78 is 18.8. The van der Waals surface area contributed by atoms with Crippen molar-refractivity contribution in [2.75, 3.05) is 19.8 Å². The van der Waals surface area contributed by atoms with Crippen LogP contribution in [0.3, 0.4) is 0 Å². The molecule has 1 N–H and O–H groups in total. The lowest BCUT2D eigenvalue weighted by atomic mass is 9.99. The Balaban J connectivity index is 1.99. The number of hydrogen-bond donors (Lipinski definition) is 1. The van der Waals surface area contributed by atoms with Crippen LogP contribution < -0.4 is 5.32 Å². The van der Waals surface area contributed by atoms with Gasteiger partial charge in [0.1, 0.15) is 5.82 Å². The van der Waals surface area contributed by atoms with E-state index in [0.717, 1.165) is 32.6 Å². The highest BCUT2D eigenvalue weighted by atomic mass is 35.5. The standard InChI is InChI=1S/C14H18Cl2FNO/c1-9(18-8-10-4-6-19-7-5-10)13-11(15)2-3-12(17)14(13)16/h2-3,9-10,18H,4-8H2,1H3. The second-order valence-electron chi connectivity index (χ2n) is 4.94. The van der Waals surface area contributed by atoms with Crippen LogP contribution in [0, 0.1) is 11.7 Å². The Morgan fingerprint density at radius 1 is 1.37 bits per heavy atom. The molecule has 0 amide bonds. The Bertz CT molecular complexity index is 436. The molecule has 1 unspecified atom stereocenters. The highest BCUT2D eigenvalue weighted by molar-refractivity contribution is 6.36. The SMILES string of the molecule is CC(NCC1CCOCC1)c1c(Cl)ccc(F)c1Cl. The summed E-state index contributed by atoms with van der Waals surface area (Å²) in [6.45, 7) is 4.46. The lowest BCUT2D eigenvalue weighted by Crippen LogP contribution is -2.29. The van der Waals surface area contributed by atoms with Crippen LogP contribution in [0.15, 0.2) is 12.1 Å². The van der Waals surface area contributed by atoms with E-state index in [-0.39, 0.29) is 11.1 Å². The van der Waals surface area contributed by atoms with E-state index in [9.17, 15) is 4.39 Å². The van der Waals surface area contributed by atoms with E-state index in [0.29, 0.717) is 16.5 Å². The van der Waals surface area contributed by atoms with Gasteiger partial charge >= 0.3 is 0 Å². The molecular weight excluding hydrogens is 288 g/mol. The molecule has 1 fully saturated rings. The van der Waals surface area contributed by atoms with Gasteiger partial charge < -0.3 is 10.1 Å². The largest absolute Gasteiger partial charge is 0.381 e. The van der Waals surface area contributed by atoms with E-state index in [1.54, 1.807) is 6.07 Å². The maximum absolute atomic E-state index is 13.5. The molecule has 1 heterocycles. The lowest BCUT2D eigenvalue weighted by molar-refractivity contribution is 0.0656. The van der Waals surface area contributed by atoms with E-state index in [4.69, 9.17) is 27.9 Å². The first kappa shape index (κ1) is 15.0. The van der Waals surface area contributed by atoms with E-state index in [2.05, 4.69) is 5.32 Å². The summed E-state index contributed by atoms with van der Waals surface area (Å²) in [5.41, 5.74) is 0.635. The highest BCUT2D eigenvalue weighted by Crippen LogP contribution is 2.32. The summed E-state index contributed by atoms with van der Waals surface area (Å²) in [6.07, 6.45) is 2.12. The normalized spacial score (nSPS) is 18.5. The van der Waals surface area contributed by atoms with E-state index in [1.807, 2.05) is 6.92 Å². The molecule has 1 atom stereocenters. The third kappa shape index (κ3) is 3.82. The highest BCUT2D eigenvalue weighted by Gasteiger charge is 2.19. The number of halogens is 3. The van der Waals surface area contributed by atoms with E-state index >= 15 is 0 Å². The molecule has 0 radical (unpaired) electrons. The fraction of sp³-hybridized carbons (Fsp3) is 0.571. The van der Waals surface area contributed by atoms with Gasteiger partial charge in [0.05, 0.1) is 5.02 Å². The third-order valence-electron chi connectivity index (χ3n) is 3.57. The van der Waals surface area contributed by atoms with Crippen molar-refractivity contribution < 1.29 is 9.13 Å². The molecule has 5 heteroatoms. The van der Waals surface area contributed by atoms with Gasteiger partial charge in [-0.25, -0.2) is 4.39 Å². The molecule has 2 nitrogen and oxygen atoms in total. The molecule has 0 saturated carbocycles. The Morgan fingerprint density at radius 3 is 2.74 bits per heavy atom. The topological polar surface area (TPSA) is 21.3 Å². The molecule has 1 saturated heterocycles. The molecule has 0 aliphatic carbocycles. The van der Waals surface area contributed by atoms with Gasteiger partial charge in [-0.2, -0.15) is 0 Å². The Hall–Kier alpha value is -0.350. The minimum absolute atomic E-state index is 0.0708. The lowest BCUT2D eigenvalue weighted by Gasteiger charge is -2.25. The van der Waals surface area contributed by atoms with Crippen molar-refractivity contribution in [2.24, 2.45) is 5.92 Å². The molecule has 2 rings (SSSR count). The smallest absolute Gasteiger partial charge is 0.142 e. The van der Waals surface area contributed by atoms with Crippen LogP contribution in [0.5, 0.6) is 0 Å². The van der Waals surface area contributed by atoms with Gasteiger partial charge in [-0.15, -0.1) is 0 Å². The number of benzene rings is 1. The number of hydrogen-bond acceptors (Lipinski definition) is 2. The molecular formula is C14H18Cl2FNO. The van der Waals surface area contributed by atoms with Crippen molar-refractivity contribution in [3.8, 4) is 0 Å². The van der Waals surface area contributed by atoms with Crippen LogP contribution in [-0.2, 0) is 4.74 Å². The molecule has 1 aromatic carbocycles. The first-order chi connectivity index (χ1) is 9.09. The second kappa shape index (κ2) is 6.89. The summed E-state index contributed by atoms with van der Waals surface area (Å²) >= 11 is 12.1. The summed E-state index contributed by atoms with van der Waals surface area (Å²) in [6, 6.07) is 2.77. The monoisotopic (exact) mass is 305 g/mol. The van der Waals surface area contributed by atoms with Crippen molar-refractivity contribution in [3.63, 3.8) is 0 Å². The summed E-state index contributed by atoms with van der Waals surface area (Å²) in [5.74, 6) is 0.170. The zero-order chi connectivity index (χ0) is 13.8. The zero-order valence-electron chi connectivity index (χ0n) is 10.9. The van der Waals surface area contributed by atoms with Crippen LogP contribution in [0.4, 0.5) is 4.39 Å². The number of rotatable bonds is 4. The van der Waals surface area contributed by atoms with Gasteiger partial charge in [0.15, 0.2) is 0 Å². The summed E-state index contributed by atoms with van der Waals surface area (Å²) in [4.78, 5) is 0. The first-order valence-electron chi connectivity index (χ1n) is 6.54. The van der Waals surface area contributed by atoms with E-state index < -0.39 is 5.82 Å².